The van der Waals surface area contributed by atoms with E-state index in [0.717, 1.165) is 19.4 Å². The molecule has 1 atom stereocenters. The minimum absolute atomic E-state index is 0.155. The molecule has 1 unspecified atom stereocenters. The van der Waals surface area contributed by atoms with E-state index in [1.165, 1.54) is 0 Å². The van der Waals surface area contributed by atoms with Gasteiger partial charge in [-0.1, -0.05) is 0 Å². The Morgan fingerprint density at radius 1 is 1.73 bits per heavy atom. The Labute approximate surface area is 67.3 Å². The Morgan fingerprint density at radius 2 is 2.45 bits per heavy atom. The molecule has 0 N–H and O–H groups in total. The standard InChI is InChI=1S/C8H15NO2/c1-3-11-8(10)9-6-4-5-7(9)2/h7H,3-6H2,1-2H3. The number of ether oxygens (including phenoxy) is 1. The summed E-state index contributed by atoms with van der Waals surface area (Å²) < 4.78 is 4.88. The van der Waals surface area contributed by atoms with Crippen LogP contribution in [0.2, 0.25) is 0 Å². The van der Waals surface area contributed by atoms with Gasteiger partial charge in [-0.05, 0) is 26.7 Å². The molecule has 0 aromatic carbocycles. The third kappa shape index (κ3) is 1.85. The van der Waals surface area contributed by atoms with E-state index in [4.69, 9.17) is 4.74 Å². The molecule has 1 heterocycles. The van der Waals surface area contributed by atoms with Crippen molar-refractivity contribution in [3.05, 3.63) is 0 Å². The Kier molecular flexibility index (Phi) is 2.74. The van der Waals surface area contributed by atoms with E-state index in [-0.39, 0.29) is 6.09 Å². The molecule has 3 heteroatoms. The van der Waals surface area contributed by atoms with Crippen LogP contribution in [0.25, 0.3) is 0 Å². The van der Waals surface area contributed by atoms with Crippen LogP contribution in [0.15, 0.2) is 0 Å². The minimum Gasteiger partial charge on any atom is -0.450 e. The lowest BCUT2D eigenvalue weighted by molar-refractivity contribution is 0.105. The van der Waals surface area contributed by atoms with Gasteiger partial charge in [0.2, 0.25) is 0 Å². The topological polar surface area (TPSA) is 29.5 Å². The van der Waals surface area contributed by atoms with Crippen LogP contribution >= 0.6 is 0 Å². The van der Waals surface area contributed by atoms with Crippen LogP contribution in [0.4, 0.5) is 4.79 Å². The Bertz CT molecular complexity index is 147. The first-order valence-electron chi connectivity index (χ1n) is 4.19. The summed E-state index contributed by atoms with van der Waals surface area (Å²) in [5.74, 6) is 0. The molecular weight excluding hydrogens is 142 g/mol. The van der Waals surface area contributed by atoms with Crippen molar-refractivity contribution >= 4 is 6.09 Å². The highest BCUT2D eigenvalue weighted by Gasteiger charge is 2.25. The molecule has 1 amide bonds. The van der Waals surface area contributed by atoms with Gasteiger partial charge in [0.05, 0.1) is 6.61 Å². The van der Waals surface area contributed by atoms with Crippen molar-refractivity contribution in [2.45, 2.75) is 32.7 Å². The second kappa shape index (κ2) is 3.60. The van der Waals surface area contributed by atoms with Gasteiger partial charge in [-0.3, -0.25) is 0 Å². The molecule has 1 saturated heterocycles. The lowest BCUT2D eigenvalue weighted by Gasteiger charge is -2.19. The number of carbonyl (C=O) groups is 1. The molecule has 0 radical (unpaired) electrons. The van der Waals surface area contributed by atoms with E-state index in [9.17, 15) is 4.79 Å². The van der Waals surface area contributed by atoms with E-state index < -0.39 is 0 Å². The largest absolute Gasteiger partial charge is 0.450 e. The lowest BCUT2D eigenvalue weighted by Crippen LogP contribution is -2.34. The second-order valence-corrected chi connectivity index (χ2v) is 2.88. The quantitative estimate of drug-likeness (QED) is 0.579. The van der Waals surface area contributed by atoms with Crippen molar-refractivity contribution in [1.82, 2.24) is 4.90 Å². The molecule has 0 bridgehead atoms. The van der Waals surface area contributed by atoms with Crippen molar-refractivity contribution in [2.24, 2.45) is 0 Å². The Hall–Kier alpha value is -0.730. The van der Waals surface area contributed by atoms with Crippen LogP contribution in [0.3, 0.4) is 0 Å². The fourth-order valence-electron chi connectivity index (χ4n) is 1.41. The van der Waals surface area contributed by atoms with E-state index >= 15 is 0 Å². The maximum absolute atomic E-state index is 11.2. The van der Waals surface area contributed by atoms with Gasteiger partial charge in [0.1, 0.15) is 0 Å². The highest BCUT2D eigenvalue weighted by molar-refractivity contribution is 5.68. The predicted octanol–water partition coefficient (Wildman–Crippen LogP) is 1.63. The lowest BCUT2D eigenvalue weighted by atomic mass is 10.2. The summed E-state index contributed by atoms with van der Waals surface area (Å²) in [6.45, 7) is 5.23. The van der Waals surface area contributed by atoms with E-state index in [1.807, 2.05) is 6.92 Å². The highest BCUT2D eigenvalue weighted by atomic mass is 16.6. The van der Waals surface area contributed by atoms with Crippen LogP contribution in [0, 0.1) is 0 Å². The summed E-state index contributed by atoms with van der Waals surface area (Å²) in [5.41, 5.74) is 0. The summed E-state index contributed by atoms with van der Waals surface area (Å²) >= 11 is 0. The summed E-state index contributed by atoms with van der Waals surface area (Å²) in [7, 11) is 0. The Balaban J connectivity index is 2.39. The summed E-state index contributed by atoms with van der Waals surface area (Å²) in [5, 5.41) is 0. The van der Waals surface area contributed by atoms with Crippen molar-refractivity contribution in [2.75, 3.05) is 13.2 Å². The average Bonchev–Trinajstić information content (AvgIpc) is 2.36. The number of hydrogen-bond acceptors (Lipinski definition) is 2. The van der Waals surface area contributed by atoms with Crippen LogP contribution in [0.1, 0.15) is 26.7 Å². The van der Waals surface area contributed by atoms with Gasteiger partial charge >= 0.3 is 6.09 Å². The highest BCUT2D eigenvalue weighted by Crippen LogP contribution is 2.16. The number of likely N-dealkylation sites (tertiary alicyclic amines) is 1. The van der Waals surface area contributed by atoms with E-state index in [1.54, 1.807) is 4.90 Å². The molecule has 1 aliphatic rings. The number of amides is 1. The van der Waals surface area contributed by atoms with Gasteiger partial charge < -0.3 is 9.64 Å². The number of carbonyl (C=O) groups excluding carboxylic acids is 1. The van der Waals surface area contributed by atoms with Crippen molar-refractivity contribution in [3.8, 4) is 0 Å². The van der Waals surface area contributed by atoms with Crippen LogP contribution in [-0.2, 0) is 4.74 Å². The van der Waals surface area contributed by atoms with Gasteiger partial charge in [0, 0.05) is 12.6 Å². The number of rotatable bonds is 1. The van der Waals surface area contributed by atoms with Crippen LogP contribution < -0.4 is 0 Å². The zero-order valence-electron chi connectivity index (χ0n) is 7.17. The molecule has 0 spiro atoms. The fraction of sp³-hybridized carbons (Fsp3) is 0.875. The molecule has 0 aromatic heterocycles. The first-order valence-corrected chi connectivity index (χ1v) is 4.19. The monoisotopic (exact) mass is 157 g/mol. The van der Waals surface area contributed by atoms with Gasteiger partial charge in [0.15, 0.2) is 0 Å². The predicted molar refractivity (Wildman–Crippen MR) is 42.4 cm³/mol. The fourth-order valence-corrected chi connectivity index (χ4v) is 1.41. The van der Waals surface area contributed by atoms with Crippen molar-refractivity contribution in [3.63, 3.8) is 0 Å². The molecule has 0 aromatic rings. The van der Waals surface area contributed by atoms with Gasteiger partial charge in [0.25, 0.3) is 0 Å². The first kappa shape index (κ1) is 8.37. The third-order valence-corrected chi connectivity index (χ3v) is 2.06. The van der Waals surface area contributed by atoms with Crippen molar-refractivity contribution < 1.29 is 9.53 Å². The zero-order valence-corrected chi connectivity index (χ0v) is 7.17. The summed E-state index contributed by atoms with van der Waals surface area (Å²) in [4.78, 5) is 13.0. The van der Waals surface area contributed by atoms with Gasteiger partial charge in [-0.2, -0.15) is 0 Å². The maximum atomic E-state index is 11.2. The van der Waals surface area contributed by atoms with Crippen molar-refractivity contribution in [1.29, 1.82) is 0 Å². The number of nitrogens with zero attached hydrogens (tertiary/aromatic N) is 1. The minimum atomic E-state index is -0.155. The maximum Gasteiger partial charge on any atom is 0.409 e. The second-order valence-electron chi connectivity index (χ2n) is 2.88. The normalized spacial score (nSPS) is 23.8. The Morgan fingerprint density at radius 3 is 2.91 bits per heavy atom. The van der Waals surface area contributed by atoms with Gasteiger partial charge in [-0.15, -0.1) is 0 Å². The van der Waals surface area contributed by atoms with Crippen LogP contribution in [-0.4, -0.2) is 30.2 Å². The average molecular weight is 157 g/mol. The molecule has 0 aliphatic carbocycles. The zero-order chi connectivity index (χ0) is 8.27. The van der Waals surface area contributed by atoms with Gasteiger partial charge in [-0.25, -0.2) is 4.79 Å². The van der Waals surface area contributed by atoms with E-state index in [2.05, 4.69) is 6.92 Å². The summed E-state index contributed by atoms with van der Waals surface area (Å²) in [6.07, 6.45) is 2.07. The molecular formula is C8H15NO2. The SMILES string of the molecule is CCOC(=O)N1CCCC1C. The molecule has 11 heavy (non-hydrogen) atoms. The molecule has 64 valence electrons. The molecule has 3 nitrogen and oxygen atoms in total. The van der Waals surface area contributed by atoms with E-state index in [0.29, 0.717) is 12.6 Å². The molecule has 1 fully saturated rings. The molecule has 0 saturated carbocycles. The molecule has 1 rings (SSSR count). The van der Waals surface area contributed by atoms with Crippen LogP contribution in [0.5, 0.6) is 0 Å². The number of hydrogen-bond donors (Lipinski definition) is 0. The smallest absolute Gasteiger partial charge is 0.409 e. The molecule has 1 aliphatic heterocycles. The third-order valence-electron chi connectivity index (χ3n) is 2.06. The summed E-state index contributed by atoms with van der Waals surface area (Å²) in [6, 6.07) is 0.369. The first-order chi connectivity index (χ1) is 5.25.